The minimum Gasteiger partial charge on any atom is -0.356 e. The minimum absolute atomic E-state index is 0.0464. The SMILES string of the molecule is CN(CC1CCN(c2ncccc2C(F)(F)F)CC1)S(C)(=O)=O. The molecule has 0 radical (unpaired) electrons. The highest BCUT2D eigenvalue weighted by atomic mass is 32.2. The highest BCUT2D eigenvalue weighted by Gasteiger charge is 2.36. The largest absolute Gasteiger partial charge is 0.419 e. The summed E-state index contributed by atoms with van der Waals surface area (Å²) < 4.78 is 63.3. The number of anilines is 1. The molecule has 0 bridgehead atoms. The minimum atomic E-state index is -4.43. The van der Waals surface area contributed by atoms with Crippen LogP contribution in [-0.2, 0) is 16.2 Å². The van der Waals surface area contributed by atoms with E-state index in [0.717, 1.165) is 12.3 Å². The molecule has 0 amide bonds. The van der Waals surface area contributed by atoms with Crippen molar-refractivity contribution in [1.82, 2.24) is 9.29 Å². The highest BCUT2D eigenvalue weighted by Crippen LogP contribution is 2.36. The first-order valence-corrected chi connectivity index (χ1v) is 9.12. The van der Waals surface area contributed by atoms with Crippen LogP contribution in [0.15, 0.2) is 18.3 Å². The third kappa shape index (κ3) is 4.57. The molecular weight excluding hydrogens is 331 g/mol. The maximum atomic E-state index is 13.0. The van der Waals surface area contributed by atoms with Crippen LogP contribution in [0.25, 0.3) is 0 Å². The molecule has 0 aromatic carbocycles. The Balaban J connectivity index is 2.03. The molecule has 1 aromatic rings. The van der Waals surface area contributed by atoms with Crippen LogP contribution in [0.2, 0.25) is 0 Å². The van der Waals surface area contributed by atoms with Crippen molar-refractivity contribution < 1.29 is 21.6 Å². The van der Waals surface area contributed by atoms with Crippen LogP contribution in [0.5, 0.6) is 0 Å². The first kappa shape index (κ1) is 18.0. The maximum absolute atomic E-state index is 13.0. The van der Waals surface area contributed by atoms with E-state index >= 15 is 0 Å². The van der Waals surface area contributed by atoms with Crippen molar-refractivity contribution >= 4 is 15.8 Å². The third-order valence-corrected chi connectivity index (χ3v) is 5.37. The molecule has 0 aliphatic carbocycles. The number of piperidine rings is 1. The number of nitrogens with zero attached hydrogens (tertiary/aromatic N) is 3. The van der Waals surface area contributed by atoms with Gasteiger partial charge in [0.05, 0.1) is 11.8 Å². The zero-order valence-electron chi connectivity index (χ0n) is 13.0. The van der Waals surface area contributed by atoms with Crippen molar-refractivity contribution in [3.8, 4) is 0 Å². The monoisotopic (exact) mass is 351 g/mol. The van der Waals surface area contributed by atoms with E-state index in [1.807, 2.05) is 0 Å². The molecule has 1 aliphatic heterocycles. The molecule has 1 aliphatic rings. The second-order valence-corrected chi connectivity index (χ2v) is 7.94. The lowest BCUT2D eigenvalue weighted by atomic mass is 9.96. The Morgan fingerprint density at radius 2 is 1.96 bits per heavy atom. The molecule has 9 heteroatoms. The number of hydrogen-bond acceptors (Lipinski definition) is 4. The highest BCUT2D eigenvalue weighted by molar-refractivity contribution is 7.88. The summed E-state index contributed by atoms with van der Waals surface area (Å²) in [7, 11) is -1.72. The number of aromatic nitrogens is 1. The number of hydrogen-bond donors (Lipinski definition) is 0. The summed E-state index contributed by atoms with van der Waals surface area (Å²) in [6, 6.07) is 2.31. The van der Waals surface area contributed by atoms with E-state index in [0.29, 0.717) is 32.5 Å². The average Bonchev–Trinajstić information content (AvgIpc) is 2.46. The first-order valence-electron chi connectivity index (χ1n) is 7.27. The van der Waals surface area contributed by atoms with Crippen molar-refractivity contribution in [2.45, 2.75) is 19.0 Å². The molecule has 0 N–H and O–H groups in total. The lowest BCUT2D eigenvalue weighted by molar-refractivity contribution is -0.137. The molecule has 5 nitrogen and oxygen atoms in total. The third-order valence-electron chi connectivity index (χ3n) is 4.09. The van der Waals surface area contributed by atoms with Gasteiger partial charge >= 0.3 is 6.18 Å². The number of alkyl halides is 3. The Morgan fingerprint density at radius 3 is 2.48 bits per heavy atom. The molecule has 130 valence electrons. The van der Waals surface area contributed by atoms with Crippen molar-refractivity contribution in [2.24, 2.45) is 5.92 Å². The van der Waals surface area contributed by atoms with Gasteiger partial charge in [-0.05, 0) is 30.9 Å². The van der Waals surface area contributed by atoms with E-state index in [1.54, 1.807) is 4.90 Å². The Hall–Kier alpha value is -1.35. The van der Waals surface area contributed by atoms with E-state index in [-0.39, 0.29) is 11.7 Å². The summed E-state index contributed by atoms with van der Waals surface area (Å²) in [6.07, 6.45) is -0.669. The fourth-order valence-corrected chi connectivity index (χ4v) is 3.18. The predicted octanol–water partition coefficient (Wildman–Crippen LogP) is 2.21. The van der Waals surface area contributed by atoms with Gasteiger partial charge in [-0.25, -0.2) is 17.7 Å². The fraction of sp³-hybridized carbons (Fsp3) is 0.643. The van der Waals surface area contributed by atoms with E-state index in [1.165, 1.54) is 23.6 Å². The molecule has 0 saturated carbocycles. The number of pyridine rings is 1. The van der Waals surface area contributed by atoms with E-state index < -0.39 is 21.8 Å². The van der Waals surface area contributed by atoms with Crippen molar-refractivity contribution in [1.29, 1.82) is 0 Å². The molecule has 1 fully saturated rings. The van der Waals surface area contributed by atoms with Gasteiger partial charge in [0.1, 0.15) is 5.82 Å². The summed E-state index contributed by atoms with van der Waals surface area (Å²) in [5.41, 5.74) is -0.730. The Bertz CT molecular complexity index is 641. The van der Waals surface area contributed by atoms with Crippen LogP contribution >= 0.6 is 0 Å². The molecule has 2 heterocycles. The van der Waals surface area contributed by atoms with Gasteiger partial charge < -0.3 is 4.90 Å². The molecular formula is C14H20F3N3O2S. The van der Waals surface area contributed by atoms with E-state index in [2.05, 4.69) is 4.98 Å². The topological polar surface area (TPSA) is 53.5 Å². The predicted molar refractivity (Wildman–Crippen MR) is 81.6 cm³/mol. The van der Waals surface area contributed by atoms with Crippen LogP contribution in [0.3, 0.4) is 0 Å². The second kappa shape index (κ2) is 6.64. The van der Waals surface area contributed by atoms with Gasteiger partial charge in [0, 0.05) is 32.9 Å². The zero-order chi connectivity index (χ0) is 17.3. The van der Waals surface area contributed by atoms with Gasteiger partial charge in [0.25, 0.3) is 0 Å². The average molecular weight is 351 g/mol. The van der Waals surface area contributed by atoms with Gasteiger partial charge in [-0.15, -0.1) is 0 Å². The van der Waals surface area contributed by atoms with E-state index in [4.69, 9.17) is 0 Å². The van der Waals surface area contributed by atoms with Crippen LogP contribution in [0.4, 0.5) is 19.0 Å². The number of sulfonamides is 1. The van der Waals surface area contributed by atoms with Gasteiger partial charge in [0.15, 0.2) is 0 Å². The van der Waals surface area contributed by atoms with Crippen LogP contribution in [-0.4, -0.2) is 50.6 Å². The smallest absolute Gasteiger partial charge is 0.356 e. The van der Waals surface area contributed by atoms with Crippen molar-refractivity contribution in [3.63, 3.8) is 0 Å². The van der Waals surface area contributed by atoms with Crippen LogP contribution in [0.1, 0.15) is 18.4 Å². The molecule has 23 heavy (non-hydrogen) atoms. The Morgan fingerprint density at radius 1 is 1.35 bits per heavy atom. The van der Waals surface area contributed by atoms with Gasteiger partial charge in [-0.2, -0.15) is 13.2 Å². The molecule has 0 unspecified atom stereocenters. The number of rotatable bonds is 4. The Labute approximate surface area is 134 Å². The number of halogens is 3. The van der Waals surface area contributed by atoms with Crippen LogP contribution in [0, 0.1) is 5.92 Å². The molecule has 1 saturated heterocycles. The molecule has 0 atom stereocenters. The normalized spacial score (nSPS) is 17.7. The van der Waals surface area contributed by atoms with Gasteiger partial charge in [0.2, 0.25) is 10.0 Å². The zero-order valence-corrected chi connectivity index (χ0v) is 13.9. The van der Waals surface area contributed by atoms with E-state index in [9.17, 15) is 21.6 Å². The fourth-order valence-electron chi connectivity index (χ4n) is 2.70. The lowest BCUT2D eigenvalue weighted by Gasteiger charge is -2.35. The first-order chi connectivity index (χ1) is 10.6. The summed E-state index contributed by atoms with van der Waals surface area (Å²) in [5.74, 6) is 0.0962. The summed E-state index contributed by atoms with van der Waals surface area (Å²) in [4.78, 5) is 5.52. The molecule has 1 aromatic heterocycles. The lowest BCUT2D eigenvalue weighted by Crippen LogP contribution is -2.40. The summed E-state index contributed by atoms with van der Waals surface area (Å²) in [5, 5.41) is 0. The molecule has 2 rings (SSSR count). The van der Waals surface area contributed by atoms with Gasteiger partial charge in [-0.1, -0.05) is 0 Å². The van der Waals surface area contributed by atoms with Crippen LogP contribution < -0.4 is 4.90 Å². The van der Waals surface area contributed by atoms with Gasteiger partial charge in [-0.3, -0.25) is 0 Å². The maximum Gasteiger partial charge on any atom is 0.419 e. The summed E-state index contributed by atoms with van der Waals surface area (Å²) in [6.45, 7) is 1.26. The Kier molecular flexibility index (Phi) is 5.20. The summed E-state index contributed by atoms with van der Waals surface area (Å²) >= 11 is 0. The molecule has 0 spiro atoms. The second-order valence-electron chi connectivity index (χ2n) is 5.85. The van der Waals surface area contributed by atoms with Crippen molar-refractivity contribution in [2.75, 3.05) is 37.8 Å². The quantitative estimate of drug-likeness (QED) is 0.835. The van der Waals surface area contributed by atoms with Crippen molar-refractivity contribution in [3.05, 3.63) is 23.9 Å². The standard InChI is InChI=1S/C14H20F3N3O2S/c1-19(23(2,21)22)10-11-5-8-20(9-6-11)13-12(14(15,16)17)4-3-7-18-13/h3-4,7,11H,5-6,8-10H2,1-2H3.